The van der Waals surface area contributed by atoms with Crippen LogP contribution in [0.1, 0.15) is 44.7 Å². The molecule has 0 amide bonds. The molecule has 1 N–H and O–H groups in total. The van der Waals surface area contributed by atoms with Gasteiger partial charge in [0.05, 0.1) is 6.61 Å². The van der Waals surface area contributed by atoms with Gasteiger partial charge in [0.15, 0.2) is 0 Å². The molecule has 0 atom stereocenters. The molecule has 1 aromatic carbocycles. The maximum absolute atomic E-state index is 5.84. The summed E-state index contributed by atoms with van der Waals surface area (Å²) in [4.78, 5) is 0. The average molecular weight is 340 g/mol. The van der Waals surface area contributed by atoms with Crippen LogP contribution < -0.4 is 10.1 Å². The lowest BCUT2D eigenvalue weighted by molar-refractivity contribution is 0.311. The Morgan fingerprint density at radius 2 is 2.10 bits per heavy atom. The summed E-state index contributed by atoms with van der Waals surface area (Å²) >= 11 is 3.63. The predicted molar refractivity (Wildman–Crippen MR) is 88.6 cm³/mol. The van der Waals surface area contributed by atoms with Gasteiger partial charge in [-0.05, 0) is 61.0 Å². The summed E-state index contributed by atoms with van der Waals surface area (Å²) in [6.45, 7) is 9.95. The first kappa shape index (κ1) is 15.8. The zero-order chi connectivity index (χ0) is 14.6. The van der Waals surface area contributed by atoms with E-state index in [1.54, 1.807) is 0 Å². The summed E-state index contributed by atoms with van der Waals surface area (Å²) < 4.78 is 7.01. The largest absolute Gasteiger partial charge is 0.493 e. The maximum Gasteiger partial charge on any atom is 0.125 e. The molecular weight excluding hydrogens is 314 g/mol. The highest BCUT2D eigenvalue weighted by Crippen LogP contribution is 2.37. The van der Waals surface area contributed by atoms with E-state index in [-0.39, 0.29) is 0 Å². The lowest BCUT2D eigenvalue weighted by atomic mass is 9.82. The van der Waals surface area contributed by atoms with E-state index >= 15 is 0 Å². The summed E-state index contributed by atoms with van der Waals surface area (Å²) in [6, 6.07) is 4.42. The minimum atomic E-state index is 0.293. The van der Waals surface area contributed by atoms with Crippen molar-refractivity contribution in [3.05, 3.63) is 27.7 Å². The van der Waals surface area contributed by atoms with Crippen molar-refractivity contribution in [2.24, 2.45) is 5.41 Å². The smallest absolute Gasteiger partial charge is 0.125 e. The second-order valence-electron chi connectivity index (χ2n) is 6.49. The van der Waals surface area contributed by atoms with Gasteiger partial charge in [-0.2, -0.15) is 0 Å². The summed E-state index contributed by atoms with van der Waals surface area (Å²) in [6.07, 6.45) is 4.50. The highest BCUT2D eigenvalue weighted by molar-refractivity contribution is 9.10. The Bertz CT molecular complexity index is 457. The molecule has 0 saturated carbocycles. The Morgan fingerprint density at radius 3 is 2.85 bits per heavy atom. The monoisotopic (exact) mass is 339 g/mol. The second-order valence-corrected chi connectivity index (χ2v) is 7.41. The SMILES string of the molecule is CCCNCCC(C)(C)Cc1cc(Br)cc2c1OCC2. The van der Waals surface area contributed by atoms with Crippen LogP contribution in [0.25, 0.3) is 0 Å². The topological polar surface area (TPSA) is 21.3 Å². The summed E-state index contributed by atoms with van der Waals surface area (Å²) in [5.74, 6) is 1.14. The number of nitrogens with one attached hydrogen (secondary N) is 1. The number of benzene rings is 1. The van der Waals surface area contributed by atoms with E-state index in [1.807, 2.05) is 0 Å². The number of hydrogen-bond acceptors (Lipinski definition) is 2. The van der Waals surface area contributed by atoms with Crippen LogP contribution in [0.5, 0.6) is 5.75 Å². The number of ether oxygens (including phenoxy) is 1. The fraction of sp³-hybridized carbons (Fsp3) is 0.647. The van der Waals surface area contributed by atoms with Crippen LogP contribution in [0.2, 0.25) is 0 Å². The van der Waals surface area contributed by atoms with E-state index < -0.39 is 0 Å². The van der Waals surface area contributed by atoms with Crippen molar-refractivity contribution in [2.75, 3.05) is 19.7 Å². The third-order valence-corrected chi connectivity index (χ3v) is 4.36. The van der Waals surface area contributed by atoms with Gasteiger partial charge in [-0.15, -0.1) is 0 Å². The molecule has 0 fully saturated rings. The Balaban J connectivity index is 2.02. The van der Waals surface area contributed by atoms with Gasteiger partial charge in [0.1, 0.15) is 5.75 Å². The highest BCUT2D eigenvalue weighted by atomic mass is 79.9. The molecule has 0 aliphatic carbocycles. The Labute approximate surface area is 131 Å². The normalized spacial score (nSPS) is 14.2. The van der Waals surface area contributed by atoms with Crippen molar-refractivity contribution < 1.29 is 4.74 Å². The van der Waals surface area contributed by atoms with E-state index in [2.05, 4.69) is 54.2 Å². The second kappa shape index (κ2) is 6.95. The van der Waals surface area contributed by atoms with Crippen LogP contribution in [0, 0.1) is 5.41 Å². The van der Waals surface area contributed by atoms with Crippen molar-refractivity contribution in [1.82, 2.24) is 5.32 Å². The van der Waals surface area contributed by atoms with Crippen LogP contribution in [0.4, 0.5) is 0 Å². The van der Waals surface area contributed by atoms with Crippen LogP contribution in [0.3, 0.4) is 0 Å². The number of hydrogen-bond donors (Lipinski definition) is 1. The molecule has 0 radical (unpaired) electrons. The van der Waals surface area contributed by atoms with E-state index in [0.717, 1.165) is 38.3 Å². The number of halogens is 1. The van der Waals surface area contributed by atoms with E-state index in [0.29, 0.717) is 5.41 Å². The van der Waals surface area contributed by atoms with Gasteiger partial charge in [0.2, 0.25) is 0 Å². The number of rotatable bonds is 7. The van der Waals surface area contributed by atoms with Gasteiger partial charge in [-0.1, -0.05) is 36.7 Å². The molecule has 0 aromatic heterocycles. The van der Waals surface area contributed by atoms with Crippen LogP contribution in [-0.2, 0) is 12.8 Å². The molecule has 20 heavy (non-hydrogen) atoms. The van der Waals surface area contributed by atoms with Gasteiger partial charge in [-0.3, -0.25) is 0 Å². The fourth-order valence-corrected chi connectivity index (χ4v) is 3.36. The van der Waals surface area contributed by atoms with E-state index in [1.165, 1.54) is 28.4 Å². The zero-order valence-electron chi connectivity index (χ0n) is 12.9. The summed E-state index contributed by atoms with van der Waals surface area (Å²) in [5.41, 5.74) is 3.00. The molecule has 1 heterocycles. The molecule has 1 aliphatic heterocycles. The van der Waals surface area contributed by atoms with Gasteiger partial charge >= 0.3 is 0 Å². The highest BCUT2D eigenvalue weighted by Gasteiger charge is 2.24. The standard InChI is InChI=1S/C17H26BrNO/c1-4-7-19-8-6-17(2,3)12-14-11-15(18)10-13-5-9-20-16(13)14/h10-11,19H,4-9,12H2,1-3H3. The fourth-order valence-electron chi connectivity index (χ4n) is 2.81. The molecule has 0 unspecified atom stereocenters. The number of fused-ring (bicyclic) bond motifs is 1. The lowest BCUT2D eigenvalue weighted by Gasteiger charge is -2.26. The summed E-state index contributed by atoms with van der Waals surface area (Å²) in [5, 5.41) is 3.50. The minimum absolute atomic E-state index is 0.293. The van der Waals surface area contributed by atoms with Crippen molar-refractivity contribution in [2.45, 2.75) is 46.5 Å². The van der Waals surface area contributed by atoms with Crippen molar-refractivity contribution >= 4 is 15.9 Å². The molecular formula is C17H26BrNO. The molecule has 1 aliphatic rings. The molecule has 1 aromatic rings. The quantitative estimate of drug-likeness (QED) is 0.746. The van der Waals surface area contributed by atoms with Crippen molar-refractivity contribution in [3.8, 4) is 5.75 Å². The molecule has 112 valence electrons. The van der Waals surface area contributed by atoms with E-state index in [9.17, 15) is 0 Å². The Kier molecular flexibility index (Phi) is 5.50. The van der Waals surface area contributed by atoms with Crippen LogP contribution >= 0.6 is 15.9 Å². The first-order chi connectivity index (χ1) is 9.52. The molecule has 3 heteroatoms. The van der Waals surface area contributed by atoms with Gasteiger partial charge < -0.3 is 10.1 Å². The molecule has 2 nitrogen and oxygen atoms in total. The Hall–Kier alpha value is -0.540. The molecule has 0 spiro atoms. The van der Waals surface area contributed by atoms with E-state index in [4.69, 9.17) is 4.74 Å². The van der Waals surface area contributed by atoms with Gasteiger partial charge in [0, 0.05) is 10.9 Å². The first-order valence-electron chi connectivity index (χ1n) is 7.66. The molecule has 0 saturated heterocycles. The zero-order valence-corrected chi connectivity index (χ0v) is 14.5. The van der Waals surface area contributed by atoms with Crippen LogP contribution in [0.15, 0.2) is 16.6 Å². The molecule has 0 bridgehead atoms. The predicted octanol–water partition coefficient (Wildman–Crippen LogP) is 4.34. The van der Waals surface area contributed by atoms with Gasteiger partial charge in [-0.25, -0.2) is 0 Å². The summed E-state index contributed by atoms with van der Waals surface area (Å²) in [7, 11) is 0. The van der Waals surface area contributed by atoms with Gasteiger partial charge in [0.25, 0.3) is 0 Å². The van der Waals surface area contributed by atoms with Crippen molar-refractivity contribution in [1.29, 1.82) is 0 Å². The third kappa shape index (κ3) is 4.23. The third-order valence-electron chi connectivity index (χ3n) is 3.90. The molecule has 2 rings (SSSR count). The average Bonchev–Trinajstić information content (AvgIpc) is 2.82. The lowest BCUT2D eigenvalue weighted by Crippen LogP contribution is -2.24. The first-order valence-corrected chi connectivity index (χ1v) is 8.46. The van der Waals surface area contributed by atoms with Crippen molar-refractivity contribution in [3.63, 3.8) is 0 Å². The minimum Gasteiger partial charge on any atom is -0.493 e. The maximum atomic E-state index is 5.84. The van der Waals surface area contributed by atoms with Crippen LogP contribution in [-0.4, -0.2) is 19.7 Å². The Morgan fingerprint density at radius 1 is 1.30 bits per heavy atom.